The Morgan fingerprint density at radius 2 is 2.29 bits per heavy atom. The molecule has 1 aliphatic rings. The van der Waals surface area contributed by atoms with Gasteiger partial charge in [0.2, 0.25) is 5.91 Å². The highest BCUT2D eigenvalue weighted by Crippen LogP contribution is 2.32. The number of fused-ring (bicyclic) bond motifs is 1. The van der Waals surface area contributed by atoms with Crippen LogP contribution in [0.3, 0.4) is 0 Å². The zero-order valence-corrected chi connectivity index (χ0v) is 9.89. The van der Waals surface area contributed by atoms with Crippen LogP contribution < -0.4 is 10.2 Å². The van der Waals surface area contributed by atoms with Crippen molar-refractivity contribution in [2.75, 3.05) is 24.5 Å². The summed E-state index contributed by atoms with van der Waals surface area (Å²) in [6.45, 7) is 1.75. The molecule has 1 saturated heterocycles. The molecule has 5 heteroatoms. The molecule has 17 heavy (non-hydrogen) atoms. The van der Waals surface area contributed by atoms with Gasteiger partial charge in [-0.1, -0.05) is 6.07 Å². The summed E-state index contributed by atoms with van der Waals surface area (Å²) in [5.74, 6) is 0.0176. The molecule has 0 saturated carbocycles. The highest BCUT2D eigenvalue weighted by Gasteiger charge is 2.18. The Bertz CT molecular complexity index is 581. The third-order valence-electron chi connectivity index (χ3n) is 2.89. The fraction of sp³-hybridized carbons (Fsp3) is 0.250. The van der Waals surface area contributed by atoms with Crippen molar-refractivity contribution in [3.8, 4) is 0 Å². The summed E-state index contributed by atoms with van der Waals surface area (Å²) in [5, 5.41) is 3.49. The fourth-order valence-corrected chi connectivity index (χ4v) is 2.94. The molecular weight excluding hydrogens is 239 g/mol. The molecule has 1 N–H and O–H groups in total. The van der Waals surface area contributed by atoms with Crippen LogP contribution in [0.25, 0.3) is 10.1 Å². The van der Waals surface area contributed by atoms with Crippen LogP contribution in [0, 0.1) is 5.13 Å². The lowest BCUT2D eigenvalue weighted by Crippen LogP contribution is -2.47. The second-order valence-electron chi connectivity index (χ2n) is 4.01. The number of benzene rings is 1. The Balaban J connectivity index is 2.06. The smallest absolute Gasteiger partial charge is 0.239 e. The van der Waals surface area contributed by atoms with Gasteiger partial charge < -0.3 is 10.2 Å². The minimum atomic E-state index is -0.186. The zero-order valence-electron chi connectivity index (χ0n) is 9.07. The molecule has 2 aromatic rings. The van der Waals surface area contributed by atoms with Crippen molar-refractivity contribution in [1.82, 2.24) is 5.32 Å². The van der Waals surface area contributed by atoms with E-state index in [1.165, 1.54) is 0 Å². The van der Waals surface area contributed by atoms with Gasteiger partial charge in [0.05, 0.1) is 6.54 Å². The number of nitrogens with one attached hydrogen (secondary N) is 1. The van der Waals surface area contributed by atoms with Crippen LogP contribution in [0.5, 0.6) is 0 Å². The molecular formula is C12H11FN2OS. The monoisotopic (exact) mass is 250 g/mol. The molecule has 1 fully saturated rings. The molecule has 0 spiro atoms. The van der Waals surface area contributed by atoms with Gasteiger partial charge in [0.1, 0.15) is 0 Å². The first-order valence-corrected chi connectivity index (χ1v) is 6.25. The number of nitrogens with zero attached hydrogens (tertiary/aromatic N) is 1. The van der Waals surface area contributed by atoms with E-state index in [1.54, 1.807) is 6.07 Å². The standard InChI is InChI=1S/C12H11FN2OS/c13-11-6-8-9(2-1-3-10(8)17-11)15-5-4-14-12(16)7-15/h1-3,6H,4-5,7H2,(H,14,16). The van der Waals surface area contributed by atoms with Crippen molar-refractivity contribution < 1.29 is 9.18 Å². The summed E-state index contributed by atoms with van der Waals surface area (Å²) >= 11 is 1.14. The second kappa shape index (κ2) is 4.00. The van der Waals surface area contributed by atoms with E-state index in [1.807, 2.05) is 23.1 Å². The van der Waals surface area contributed by atoms with Crippen molar-refractivity contribution in [3.63, 3.8) is 0 Å². The molecule has 0 atom stereocenters. The number of carbonyl (C=O) groups excluding carboxylic acids is 1. The molecule has 1 aromatic heterocycles. The van der Waals surface area contributed by atoms with Crippen molar-refractivity contribution >= 4 is 33.0 Å². The number of piperazine rings is 1. The van der Waals surface area contributed by atoms with Gasteiger partial charge in [0.25, 0.3) is 0 Å². The number of carbonyl (C=O) groups is 1. The SMILES string of the molecule is O=C1CN(c2cccc3sc(F)cc23)CCN1. The van der Waals surface area contributed by atoms with Crippen molar-refractivity contribution in [3.05, 3.63) is 29.4 Å². The number of anilines is 1. The maximum Gasteiger partial charge on any atom is 0.239 e. The first kappa shape index (κ1) is 10.5. The molecule has 3 rings (SSSR count). The topological polar surface area (TPSA) is 32.3 Å². The predicted molar refractivity (Wildman–Crippen MR) is 67.0 cm³/mol. The molecule has 88 valence electrons. The van der Waals surface area contributed by atoms with Crippen LogP contribution in [0.2, 0.25) is 0 Å². The van der Waals surface area contributed by atoms with Gasteiger partial charge in [-0.05, 0) is 18.2 Å². The van der Waals surface area contributed by atoms with Crippen LogP contribution in [0.4, 0.5) is 10.1 Å². The first-order valence-electron chi connectivity index (χ1n) is 5.44. The summed E-state index contributed by atoms with van der Waals surface area (Å²) in [7, 11) is 0. The quantitative estimate of drug-likeness (QED) is 0.839. The number of rotatable bonds is 1. The maximum absolute atomic E-state index is 13.3. The van der Waals surface area contributed by atoms with E-state index < -0.39 is 0 Å². The Kier molecular flexibility index (Phi) is 2.48. The third kappa shape index (κ3) is 1.86. The lowest BCUT2D eigenvalue weighted by molar-refractivity contribution is -0.120. The summed E-state index contributed by atoms with van der Waals surface area (Å²) < 4.78 is 14.2. The molecule has 0 radical (unpaired) electrons. The van der Waals surface area contributed by atoms with Gasteiger partial charge in [0.15, 0.2) is 5.13 Å². The van der Waals surface area contributed by atoms with E-state index in [9.17, 15) is 9.18 Å². The lowest BCUT2D eigenvalue weighted by atomic mass is 10.2. The highest BCUT2D eigenvalue weighted by molar-refractivity contribution is 7.17. The number of amides is 1. The van der Waals surface area contributed by atoms with E-state index in [4.69, 9.17) is 0 Å². The first-order chi connectivity index (χ1) is 8.24. The molecule has 1 amide bonds. The van der Waals surface area contributed by atoms with Gasteiger partial charge in [-0.2, -0.15) is 4.39 Å². The van der Waals surface area contributed by atoms with Crippen molar-refractivity contribution in [2.24, 2.45) is 0 Å². The van der Waals surface area contributed by atoms with Crippen LogP contribution in [0.15, 0.2) is 24.3 Å². The summed E-state index contributed by atoms with van der Waals surface area (Å²) in [5.41, 5.74) is 0.942. The van der Waals surface area contributed by atoms with Gasteiger partial charge in [0, 0.05) is 28.9 Å². The Hall–Kier alpha value is -1.62. The lowest BCUT2D eigenvalue weighted by Gasteiger charge is -2.29. The summed E-state index contributed by atoms with van der Waals surface area (Å²) in [6.07, 6.45) is 0. The Morgan fingerprint density at radius 3 is 3.12 bits per heavy atom. The number of hydrogen-bond donors (Lipinski definition) is 1. The Morgan fingerprint density at radius 1 is 1.41 bits per heavy atom. The van der Waals surface area contributed by atoms with E-state index >= 15 is 0 Å². The highest BCUT2D eigenvalue weighted by atomic mass is 32.1. The van der Waals surface area contributed by atoms with E-state index in [2.05, 4.69) is 5.32 Å². The molecule has 0 unspecified atom stereocenters. The Labute approximate surface area is 102 Å². The minimum absolute atomic E-state index is 0.0176. The molecule has 2 heterocycles. The summed E-state index contributed by atoms with van der Waals surface area (Å²) in [4.78, 5) is 13.4. The number of hydrogen-bond acceptors (Lipinski definition) is 3. The van der Waals surface area contributed by atoms with E-state index in [-0.39, 0.29) is 11.0 Å². The van der Waals surface area contributed by atoms with E-state index in [0.717, 1.165) is 33.7 Å². The molecule has 3 nitrogen and oxygen atoms in total. The molecule has 0 aliphatic carbocycles. The molecule has 0 bridgehead atoms. The third-order valence-corrected chi connectivity index (χ3v) is 3.78. The average molecular weight is 250 g/mol. The fourth-order valence-electron chi connectivity index (χ4n) is 2.13. The van der Waals surface area contributed by atoms with Gasteiger partial charge in [-0.25, -0.2) is 0 Å². The average Bonchev–Trinajstić information content (AvgIpc) is 2.68. The largest absolute Gasteiger partial charge is 0.360 e. The van der Waals surface area contributed by atoms with Crippen LogP contribution in [-0.2, 0) is 4.79 Å². The van der Waals surface area contributed by atoms with Crippen LogP contribution in [0.1, 0.15) is 0 Å². The normalized spacial score (nSPS) is 16.3. The maximum atomic E-state index is 13.3. The van der Waals surface area contributed by atoms with Crippen molar-refractivity contribution in [1.29, 1.82) is 0 Å². The number of halogens is 1. The van der Waals surface area contributed by atoms with Gasteiger partial charge in [-0.15, -0.1) is 11.3 Å². The molecule has 1 aliphatic heterocycles. The zero-order chi connectivity index (χ0) is 11.8. The van der Waals surface area contributed by atoms with Crippen LogP contribution in [-0.4, -0.2) is 25.5 Å². The molecule has 1 aromatic carbocycles. The number of thiophene rings is 1. The van der Waals surface area contributed by atoms with Gasteiger partial charge >= 0.3 is 0 Å². The predicted octanol–water partition coefficient (Wildman–Crippen LogP) is 1.98. The van der Waals surface area contributed by atoms with Gasteiger partial charge in [-0.3, -0.25) is 4.79 Å². The summed E-state index contributed by atoms with van der Waals surface area (Å²) in [6, 6.07) is 7.28. The second-order valence-corrected chi connectivity index (χ2v) is 5.04. The van der Waals surface area contributed by atoms with Crippen molar-refractivity contribution in [2.45, 2.75) is 0 Å². The van der Waals surface area contributed by atoms with E-state index in [0.29, 0.717) is 13.1 Å². The van der Waals surface area contributed by atoms with Crippen LogP contribution >= 0.6 is 11.3 Å². The minimum Gasteiger partial charge on any atom is -0.360 e.